The molecule has 2 N–H and O–H groups in total. The maximum Gasteiger partial charge on any atom is 0.216 e. The molecule has 1 aromatic heterocycles. The molecule has 0 saturated heterocycles. The highest BCUT2D eigenvalue weighted by Gasteiger charge is 2.12. The van der Waals surface area contributed by atoms with E-state index in [1.165, 1.54) is 11.3 Å². The van der Waals surface area contributed by atoms with Crippen molar-refractivity contribution < 1.29 is 8.42 Å². The maximum atomic E-state index is 12.1. The van der Waals surface area contributed by atoms with Crippen molar-refractivity contribution in [3.8, 4) is 0 Å². The molecule has 21 heavy (non-hydrogen) atoms. The van der Waals surface area contributed by atoms with Crippen LogP contribution in [-0.2, 0) is 28.9 Å². The summed E-state index contributed by atoms with van der Waals surface area (Å²) in [5, 5.41) is 4.99. The summed E-state index contributed by atoms with van der Waals surface area (Å²) in [6, 6.07) is 9.52. The van der Waals surface area contributed by atoms with E-state index in [0.29, 0.717) is 6.54 Å². The van der Waals surface area contributed by atoms with Crippen LogP contribution in [0.3, 0.4) is 0 Å². The van der Waals surface area contributed by atoms with Gasteiger partial charge in [0.05, 0.1) is 5.75 Å². The van der Waals surface area contributed by atoms with E-state index in [1.54, 1.807) is 0 Å². The molecule has 0 aliphatic rings. The van der Waals surface area contributed by atoms with E-state index in [1.807, 2.05) is 42.8 Å². The Morgan fingerprint density at radius 3 is 2.62 bits per heavy atom. The predicted molar refractivity (Wildman–Crippen MR) is 90.7 cm³/mol. The molecule has 0 aliphatic heterocycles. The first-order valence-electron chi connectivity index (χ1n) is 6.41. The van der Waals surface area contributed by atoms with Crippen molar-refractivity contribution in [3.63, 3.8) is 0 Å². The summed E-state index contributed by atoms with van der Waals surface area (Å²) in [6.07, 6.45) is 0. The van der Waals surface area contributed by atoms with Crippen LogP contribution in [0.1, 0.15) is 16.0 Å². The van der Waals surface area contributed by atoms with Gasteiger partial charge in [0.25, 0.3) is 0 Å². The second-order valence-corrected chi connectivity index (χ2v) is 8.38. The lowest BCUT2D eigenvalue weighted by Gasteiger charge is -2.07. The molecule has 7 heteroatoms. The standard InChI is InChI=1S/C14H17BrN2O2S2/c1-16-7-11-3-2-4-12(5-11)10-21(18,19)17-8-14-6-13(15)9-20-14/h2-6,9,16-17H,7-8,10H2,1H3. The zero-order valence-corrected chi connectivity index (χ0v) is 14.8. The third-order valence-electron chi connectivity index (χ3n) is 2.82. The summed E-state index contributed by atoms with van der Waals surface area (Å²) in [5.74, 6) is -0.00288. The minimum Gasteiger partial charge on any atom is -0.316 e. The number of halogens is 1. The molecule has 0 fully saturated rings. The number of rotatable bonds is 7. The molecule has 4 nitrogen and oxygen atoms in total. The molecule has 114 valence electrons. The van der Waals surface area contributed by atoms with Crippen LogP contribution in [-0.4, -0.2) is 15.5 Å². The molecular formula is C14H17BrN2O2S2. The maximum absolute atomic E-state index is 12.1. The number of thiophene rings is 1. The summed E-state index contributed by atoms with van der Waals surface area (Å²) in [4.78, 5) is 0.981. The van der Waals surface area contributed by atoms with Crippen LogP contribution in [0.4, 0.5) is 0 Å². The Labute approximate surface area is 137 Å². The van der Waals surface area contributed by atoms with Crippen LogP contribution in [0.5, 0.6) is 0 Å². The van der Waals surface area contributed by atoms with Crippen molar-refractivity contribution in [1.29, 1.82) is 0 Å². The van der Waals surface area contributed by atoms with Crippen molar-refractivity contribution >= 4 is 37.3 Å². The van der Waals surface area contributed by atoms with Gasteiger partial charge in [-0.2, -0.15) is 0 Å². The first-order valence-corrected chi connectivity index (χ1v) is 9.74. The van der Waals surface area contributed by atoms with E-state index in [-0.39, 0.29) is 5.75 Å². The molecule has 0 atom stereocenters. The van der Waals surface area contributed by atoms with Crippen molar-refractivity contribution in [3.05, 3.63) is 56.2 Å². The van der Waals surface area contributed by atoms with Gasteiger partial charge in [0, 0.05) is 27.8 Å². The smallest absolute Gasteiger partial charge is 0.216 e. The molecule has 0 bridgehead atoms. The van der Waals surface area contributed by atoms with Gasteiger partial charge in [-0.15, -0.1) is 11.3 Å². The molecule has 1 aromatic carbocycles. The highest BCUT2D eigenvalue weighted by Crippen LogP contribution is 2.19. The third-order valence-corrected chi connectivity index (χ3v) is 5.81. The van der Waals surface area contributed by atoms with E-state index >= 15 is 0 Å². The van der Waals surface area contributed by atoms with E-state index < -0.39 is 10.0 Å². The molecule has 0 saturated carbocycles. The lowest BCUT2D eigenvalue weighted by atomic mass is 10.1. The minimum atomic E-state index is -3.33. The van der Waals surface area contributed by atoms with Gasteiger partial charge in [-0.3, -0.25) is 0 Å². The van der Waals surface area contributed by atoms with Crippen LogP contribution >= 0.6 is 27.3 Å². The van der Waals surface area contributed by atoms with E-state index in [2.05, 4.69) is 26.0 Å². The van der Waals surface area contributed by atoms with Crippen molar-refractivity contribution in [2.45, 2.75) is 18.8 Å². The SMILES string of the molecule is CNCc1cccc(CS(=O)(=O)NCc2cc(Br)cs2)c1. The van der Waals surface area contributed by atoms with Crippen LogP contribution in [0.25, 0.3) is 0 Å². The number of hydrogen-bond acceptors (Lipinski definition) is 4. The number of sulfonamides is 1. The van der Waals surface area contributed by atoms with Crippen LogP contribution in [0.15, 0.2) is 40.2 Å². The fourth-order valence-corrected chi connectivity index (χ4v) is 4.51. The van der Waals surface area contributed by atoms with Crippen LogP contribution < -0.4 is 10.0 Å². The second-order valence-electron chi connectivity index (χ2n) is 4.66. The molecule has 2 aromatic rings. The summed E-state index contributed by atoms with van der Waals surface area (Å²) >= 11 is 4.88. The Hall–Kier alpha value is -0.730. The quantitative estimate of drug-likeness (QED) is 0.766. The van der Waals surface area contributed by atoms with Crippen molar-refractivity contribution in [2.24, 2.45) is 0 Å². The van der Waals surface area contributed by atoms with Gasteiger partial charge in [0.1, 0.15) is 0 Å². The highest BCUT2D eigenvalue weighted by atomic mass is 79.9. The molecule has 0 amide bonds. The third kappa shape index (κ3) is 5.52. The van der Waals surface area contributed by atoms with Crippen molar-refractivity contribution in [1.82, 2.24) is 10.0 Å². The van der Waals surface area contributed by atoms with Gasteiger partial charge in [-0.05, 0) is 40.2 Å². The molecule has 0 spiro atoms. The fourth-order valence-electron chi connectivity index (χ4n) is 1.93. The lowest BCUT2D eigenvalue weighted by Crippen LogP contribution is -2.24. The summed E-state index contributed by atoms with van der Waals surface area (Å²) in [7, 11) is -1.47. The molecule has 2 rings (SSSR count). The zero-order chi connectivity index (χ0) is 15.3. The topological polar surface area (TPSA) is 58.2 Å². The minimum absolute atomic E-state index is 0.00288. The van der Waals surface area contributed by atoms with Gasteiger partial charge in [-0.1, -0.05) is 24.3 Å². The van der Waals surface area contributed by atoms with Gasteiger partial charge < -0.3 is 5.32 Å². The molecule has 0 aliphatic carbocycles. The Morgan fingerprint density at radius 1 is 1.19 bits per heavy atom. The molecule has 0 radical (unpaired) electrons. The van der Waals surface area contributed by atoms with Crippen molar-refractivity contribution in [2.75, 3.05) is 7.05 Å². The summed E-state index contributed by atoms with van der Waals surface area (Å²) in [6.45, 7) is 1.05. The Kier molecular flexibility index (Phi) is 5.95. The lowest BCUT2D eigenvalue weighted by molar-refractivity contribution is 0.581. The van der Waals surface area contributed by atoms with Gasteiger partial charge in [0.2, 0.25) is 10.0 Å². The van der Waals surface area contributed by atoms with Gasteiger partial charge >= 0.3 is 0 Å². The average Bonchev–Trinajstić information content (AvgIpc) is 2.83. The molecule has 1 heterocycles. The Balaban J connectivity index is 1.98. The van der Waals surface area contributed by atoms with Gasteiger partial charge in [-0.25, -0.2) is 13.1 Å². The monoisotopic (exact) mass is 388 g/mol. The zero-order valence-electron chi connectivity index (χ0n) is 11.6. The number of hydrogen-bond donors (Lipinski definition) is 2. The van der Waals surface area contributed by atoms with E-state index in [0.717, 1.165) is 27.0 Å². The van der Waals surface area contributed by atoms with Gasteiger partial charge in [0.15, 0.2) is 0 Å². The van der Waals surface area contributed by atoms with Crippen LogP contribution in [0.2, 0.25) is 0 Å². The second kappa shape index (κ2) is 7.51. The Morgan fingerprint density at radius 2 is 1.95 bits per heavy atom. The fraction of sp³-hybridized carbons (Fsp3) is 0.286. The van der Waals surface area contributed by atoms with Crippen LogP contribution in [0, 0.1) is 0 Å². The first kappa shape index (κ1) is 16.6. The number of benzene rings is 1. The average molecular weight is 389 g/mol. The van der Waals surface area contributed by atoms with E-state index in [9.17, 15) is 8.42 Å². The number of nitrogens with one attached hydrogen (secondary N) is 2. The normalized spacial score (nSPS) is 11.7. The molecular weight excluding hydrogens is 372 g/mol. The largest absolute Gasteiger partial charge is 0.316 e. The first-order chi connectivity index (χ1) is 9.98. The van der Waals surface area contributed by atoms with E-state index in [4.69, 9.17) is 0 Å². The predicted octanol–water partition coefficient (Wildman–Crippen LogP) is 2.85. The molecule has 0 unspecified atom stereocenters. The highest BCUT2D eigenvalue weighted by molar-refractivity contribution is 9.10. The summed E-state index contributed by atoms with van der Waals surface area (Å²) < 4.78 is 27.8. The summed E-state index contributed by atoms with van der Waals surface area (Å²) in [5.41, 5.74) is 1.87. The Bertz CT molecular complexity index is 699.